The molecular formula is C20H17N3O2. The van der Waals surface area contributed by atoms with Gasteiger partial charge in [0, 0.05) is 11.8 Å². The standard InChI is InChI=1S/C20H17N3O2/c1-25-17-5-3-2-4-16(17)19-18-15(10-11-21-20(18)23-22-19)14-8-6-13(12-24)7-9-14/h2-11,24H,12H2,1H3,(H,21,22,23). The number of aliphatic hydroxyl groups excluding tert-OH is 1. The van der Waals surface area contributed by atoms with Crippen molar-refractivity contribution in [2.75, 3.05) is 7.11 Å². The number of aromatic nitrogens is 3. The number of nitrogens with zero attached hydrogens (tertiary/aromatic N) is 2. The summed E-state index contributed by atoms with van der Waals surface area (Å²) >= 11 is 0. The van der Waals surface area contributed by atoms with Crippen LogP contribution in [0.5, 0.6) is 5.75 Å². The molecule has 0 amide bonds. The number of methoxy groups -OCH3 is 1. The normalized spacial score (nSPS) is 11.0. The second-order valence-corrected chi connectivity index (χ2v) is 5.71. The van der Waals surface area contributed by atoms with Crippen LogP contribution in [0.4, 0.5) is 0 Å². The summed E-state index contributed by atoms with van der Waals surface area (Å²) in [5, 5.41) is 17.7. The van der Waals surface area contributed by atoms with Gasteiger partial charge in [0.25, 0.3) is 0 Å². The van der Waals surface area contributed by atoms with Crippen LogP contribution < -0.4 is 4.74 Å². The third-order valence-electron chi connectivity index (χ3n) is 4.28. The molecule has 2 aromatic heterocycles. The molecule has 4 rings (SSSR count). The Morgan fingerprint density at radius 2 is 1.80 bits per heavy atom. The van der Waals surface area contributed by atoms with Gasteiger partial charge in [-0.25, -0.2) is 4.98 Å². The van der Waals surface area contributed by atoms with Crippen molar-refractivity contribution in [3.8, 4) is 28.1 Å². The van der Waals surface area contributed by atoms with Gasteiger partial charge in [0.1, 0.15) is 5.75 Å². The highest BCUT2D eigenvalue weighted by Crippen LogP contribution is 2.37. The van der Waals surface area contributed by atoms with Gasteiger partial charge >= 0.3 is 0 Å². The van der Waals surface area contributed by atoms with Crippen molar-refractivity contribution in [2.45, 2.75) is 6.61 Å². The number of H-pyrrole nitrogens is 1. The molecule has 5 nitrogen and oxygen atoms in total. The number of aromatic amines is 1. The molecule has 0 aliphatic rings. The van der Waals surface area contributed by atoms with Gasteiger partial charge in [-0.1, -0.05) is 36.4 Å². The Labute approximate surface area is 144 Å². The van der Waals surface area contributed by atoms with E-state index in [0.717, 1.165) is 39.1 Å². The molecule has 0 unspecified atom stereocenters. The Morgan fingerprint density at radius 3 is 2.56 bits per heavy atom. The summed E-state index contributed by atoms with van der Waals surface area (Å²) in [5.41, 5.74) is 5.43. The number of rotatable bonds is 4. The van der Waals surface area contributed by atoms with E-state index >= 15 is 0 Å². The van der Waals surface area contributed by atoms with E-state index in [1.165, 1.54) is 0 Å². The molecule has 0 fully saturated rings. The summed E-state index contributed by atoms with van der Waals surface area (Å²) in [6, 6.07) is 17.6. The summed E-state index contributed by atoms with van der Waals surface area (Å²) < 4.78 is 5.50. The Balaban J connectivity index is 1.96. The lowest BCUT2D eigenvalue weighted by Gasteiger charge is -2.09. The molecule has 25 heavy (non-hydrogen) atoms. The van der Waals surface area contributed by atoms with Crippen LogP contribution in [-0.2, 0) is 6.61 Å². The van der Waals surface area contributed by atoms with Crippen molar-refractivity contribution in [1.82, 2.24) is 15.2 Å². The molecule has 0 bridgehead atoms. The van der Waals surface area contributed by atoms with Crippen molar-refractivity contribution < 1.29 is 9.84 Å². The van der Waals surface area contributed by atoms with E-state index in [9.17, 15) is 5.11 Å². The van der Waals surface area contributed by atoms with Crippen LogP contribution in [0.25, 0.3) is 33.4 Å². The Morgan fingerprint density at radius 1 is 1.00 bits per heavy atom. The number of para-hydroxylation sites is 1. The molecule has 0 atom stereocenters. The molecule has 2 aromatic carbocycles. The lowest BCUT2D eigenvalue weighted by molar-refractivity contribution is 0.282. The second kappa shape index (κ2) is 6.37. The molecule has 5 heteroatoms. The number of fused-ring (bicyclic) bond motifs is 1. The van der Waals surface area contributed by atoms with Gasteiger partial charge in [-0.05, 0) is 34.9 Å². The van der Waals surface area contributed by atoms with E-state index < -0.39 is 0 Å². The first-order valence-electron chi connectivity index (χ1n) is 7.98. The fourth-order valence-electron chi connectivity index (χ4n) is 3.02. The second-order valence-electron chi connectivity index (χ2n) is 5.71. The molecule has 2 N–H and O–H groups in total. The zero-order chi connectivity index (χ0) is 17.2. The lowest BCUT2D eigenvalue weighted by atomic mass is 9.98. The average Bonchev–Trinajstić information content (AvgIpc) is 3.12. The van der Waals surface area contributed by atoms with Gasteiger partial charge in [-0.3, -0.25) is 5.10 Å². The number of benzene rings is 2. The largest absolute Gasteiger partial charge is 0.496 e. The van der Waals surface area contributed by atoms with E-state index in [0.29, 0.717) is 5.65 Å². The van der Waals surface area contributed by atoms with Gasteiger partial charge in [-0.2, -0.15) is 5.10 Å². The van der Waals surface area contributed by atoms with Crippen molar-refractivity contribution in [3.05, 3.63) is 66.4 Å². The van der Waals surface area contributed by atoms with Crippen molar-refractivity contribution in [3.63, 3.8) is 0 Å². The third kappa shape index (κ3) is 2.64. The maximum atomic E-state index is 9.25. The predicted molar refractivity (Wildman–Crippen MR) is 97.2 cm³/mol. The summed E-state index contributed by atoms with van der Waals surface area (Å²) in [7, 11) is 1.66. The zero-order valence-electron chi connectivity index (χ0n) is 13.7. The van der Waals surface area contributed by atoms with Gasteiger partial charge in [0.2, 0.25) is 0 Å². The van der Waals surface area contributed by atoms with Crippen molar-refractivity contribution >= 4 is 11.0 Å². The number of ether oxygens (including phenoxy) is 1. The summed E-state index contributed by atoms with van der Waals surface area (Å²) in [5.74, 6) is 0.776. The summed E-state index contributed by atoms with van der Waals surface area (Å²) in [6.45, 7) is 0.0320. The first-order valence-corrected chi connectivity index (χ1v) is 7.98. The van der Waals surface area contributed by atoms with Crippen LogP contribution in [0.15, 0.2) is 60.8 Å². The Hall–Kier alpha value is -3.18. The van der Waals surface area contributed by atoms with E-state index in [4.69, 9.17) is 4.74 Å². The number of pyridine rings is 1. The van der Waals surface area contributed by atoms with Crippen LogP contribution in [0.2, 0.25) is 0 Å². The smallest absolute Gasteiger partial charge is 0.182 e. The maximum absolute atomic E-state index is 9.25. The maximum Gasteiger partial charge on any atom is 0.182 e. The topological polar surface area (TPSA) is 71.0 Å². The van der Waals surface area contributed by atoms with Crippen LogP contribution in [-0.4, -0.2) is 27.4 Å². The van der Waals surface area contributed by atoms with E-state index in [-0.39, 0.29) is 6.61 Å². The SMILES string of the molecule is COc1ccccc1-c1[nH]nc2nccc(-c3ccc(CO)cc3)c12. The van der Waals surface area contributed by atoms with E-state index in [2.05, 4.69) is 15.2 Å². The number of hydrogen-bond acceptors (Lipinski definition) is 4. The van der Waals surface area contributed by atoms with Gasteiger partial charge in [-0.15, -0.1) is 0 Å². The fraction of sp³-hybridized carbons (Fsp3) is 0.100. The minimum Gasteiger partial charge on any atom is -0.496 e. The molecule has 0 radical (unpaired) electrons. The molecule has 124 valence electrons. The molecule has 0 saturated heterocycles. The van der Waals surface area contributed by atoms with Gasteiger partial charge in [0.15, 0.2) is 5.65 Å². The molecule has 4 aromatic rings. The van der Waals surface area contributed by atoms with Crippen molar-refractivity contribution in [1.29, 1.82) is 0 Å². The third-order valence-corrected chi connectivity index (χ3v) is 4.28. The zero-order valence-corrected chi connectivity index (χ0v) is 13.7. The number of aliphatic hydroxyl groups is 1. The van der Waals surface area contributed by atoms with Crippen LogP contribution >= 0.6 is 0 Å². The first-order chi connectivity index (χ1) is 12.3. The highest BCUT2D eigenvalue weighted by atomic mass is 16.5. The summed E-state index contributed by atoms with van der Waals surface area (Å²) in [6.07, 6.45) is 1.75. The minimum atomic E-state index is 0.0320. The first kappa shape index (κ1) is 15.4. The monoisotopic (exact) mass is 331 g/mol. The van der Waals surface area contributed by atoms with Gasteiger partial charge in [0.05, 0.1) is 24.8 Å². The molecule has 0 aliphatic heterocycles. The Bertz CT molecular complexity index is 1020. The fourth-order valence-corrected chi connectivity index (χ4v) is 3.02. The average molecular weight is 331 g/mol. The Kier molecular flexibility index (Phi) is 3.91. The van der Waals surface area contributed by atoms with Crippen LogP contribution in [0.3, 0.4) is 0 Å². The molecule has 0 aliphatic carbocycles. The highest BCUT2D eigenvalue weighted by Gasteiger charge is 2.16. The minimum absolute atomic E-state index is 0.0320. The van der Waals surface area contributed by atoms with Crippen LogP contribution in [0, 0.1) is 0 Å². The van der Waals surface area contributed by atoms with E-state index in [1.807, 2.05) is 54.6 Å². The molecule has 0 saturated carbocycles. The summed E-state index contributed by atoms with van der Waals surface area (Å²) in [4.78, 5) is 4.38. The quantitative estimate of drug-likeness (QED) is 0.597. The number of hydrogen-bond donors (Lipinski definition) is 2. The highest BCUT2D eigenvalue weighted by molar-refractivity contribution is 6.02. The number of nitrogens with one attached hydrogen (secondary N) is 1. The van der Waals surface area contributed by atoms with Crippen LogP contribution in [0.1, 0.15) is 5.56 Å². The lowest BCUT2D eigenvalue weighted by Crippen LogP contribution is -1.89. The molecule has 0 spiro atoms. The predicted octanol–water partition coefficient (Wildman–Crippen LogP) is 3.79. The molecule has 2 heterocycles. The van der Waals surface area contributed by atoms with Crippen molar-refractivity contribution in [2.24, 2.45) is 0 Å². The van der Waals surface area contributed by atoms with E-state index in [1.54, 1.807) is 13.3 Å². The molecular weight excluding hydrogens is 314 g/mol. The van der Waals surface area contributed by atoms with Gasteiger partial charge < -0.3 is 9.84 Å².